The smallest absolute Gasteiger partial charge is 0.215 e. The molecule has 0 aliphatic carbocycles. The molecule has 0 unspecified atom stereocenters. The topological polar surface area (TPSA) is 0 Å². The van der Waals surface area contributed by atoms with Crippen LogP contribution in [0, 0.1) is 55.4 Å². The molecule has 0 radical (unpaired) electrons. The molecule has 0 aromatic heterocycles. The summed E-state index contributed by atoms with van der Waals surface area (Å²) >= 11 is -3.04. The second-order valence-electron chi connectivity index (χ2n) is 10.0. The van der Waals surface area contributed by atoms with E-state index in [1.807, 2.05) is 0 Å². The van der Waals surface area contributed by atoms with Crippen LogP contribution in [0.1, 0.15) is 44.5 Å². The van der Waals surface area contributed by atoms with Gasteiger partial charge in [0, 0.05) is 0 Å². The van der Waals surface area contributed by atoms with Crippen LogP contribution >= 0.6 is 0 Å². The summed E-state index contributed by atoms with van der Waals surface area (Å²) in [5, 5.41) is 0. The van der Waals surface area contributed by atoms with Crippen LogP contribution in [0.4, 0.5) is 0 Å². The van der Waals surface area contributed by atoms with Gasteiger partial charge in [-0.2, -0.15) is 0 Å². The Morgan fingerprint density at radius 1 is 0.353 bits per heavy atom. The van der Waals surface area contributed by atoms with Gasteiger partial charge in [-0.3, -0.25) is 0 Å². The predicted octanol–water partition coefficient (Wildman–Crippen LogP) is 2.54. The molecule has 0 saturated heterocycles. The second-order valence-corrected chi connectivity index (χ2v) is 14.2. The normalized spacial score (nSPS) is 11.3. The van der Waals surface area contributed by atoms with E-state index in [2.05, 4.69) is 128 Å². The standard InChI is InChI=1S/4C8H9.Al.Li/c4*1-7-5-3-4-6-8(7)2;;/h4*3-5H,1-2H3;;/q;;;;-1;+1. The van der Waals surface area contributed by atoms with Gasteiger partial charge in [0.25, 0.3) is 13.1 Å². The van der Waals surface area contributed by atoms with E-state index in [9.17, 15) is 0 Å². The molecular formula is C32H36AlLi. The Morgan fingerprint density at radius 2 is 0.559 bits per heavy atom. The van der Waals surface area contributed by atoms with Crippen molar-refractivity contribution in [3.8, 4) is 0 Å². The molecule has 34 heavy (non-hydrogen) atoms. The zero-order chi connectivity index (χ0) is 23.9. The van der Waals surface area contributed by atoms with Crippen molar-refractivity contribution in [1.29, 1.82) is 0 Å². The van der Waals surface area contributed by atoms with Crippen LogP contribution in [-0.2, 0) is 0 Å². The first-order chi connectivity index (χ1) is 15.7. The summed E-state index contributed by atoms with van der Waals surface area (Å²) < 4.78 is 6.16. The Hall–Kier alpha value is -1.99. The van der Waals surface area contributed by atoms with E-state index in [0.29, 0.717) is 0 Å². The van der Waals surface area contributed by atoms with Crippen LogP contribution < -0.4 is 36.6 Å². The zero-order valence-electron chi connectivity index (χ0n) is 22.5. The number of rotatable bonds is 4. The van der Waals surface area contributed by atoms with E-state index in [1.165, 1.54) is 44.5 Å². The minimum Gasteiger partial charge on any atom is -0.215 e. The summed E-state index contributed by atoms with van der Waals surface area (Å²) in [4.78, 5) is 0. The monoisotopic (exact) mass is 454 g/mol. The van der Waals surface area contributed by atoms with Gasteiger partial charge in [0.15, 0.2) is 0 Å². The minimum atomic E-state index is -3.04. The van der Waals surface area contributed by atoms with Crippen molar-refractivity contribution < 1.29 is 18.9 Å². The molecule has 4 aromatic rings. The molecule has 2 heteroatoms. The van der Waals surface area contributed by atoms with E-state index >= 15 is 0 Å². The van der Waals surface area contributed by atoms with Gasteiger partial charge in [0.2, 0.25) is 0 Å². The number of hydrogen-bond donors (Lipinski definition) is 0. The Kier molecular flexibility index (Phi) is 8.08. The SMILES string of the molecule is Cc1ccc[c]([Al-]([c]2cccc(C)c2C)([c]2cccc(C)c2C)[c]2cccc(C)c2C)c1C.[Li+]. The predicted molar refractivity (Wildman–Crippen MR) is 148 cm³/mol. The maximum atomic E-state index is 2.43. The number of benzene rings is 4. The van der Waals surface area contributed by atoms with Crippen LogP contribution in [0.15, 0.2) is 72.8 Å². The van der Waals surface area contributed by atoms with E-state index in [1.54, 1.807) is 17.7 Å². The molecule has 168 valence electrons. The Balaban J connectivity index is 0.00000324. The number of hydrogen-bond acceptors (Lipinski definition) is 0. The molecule has 0 amide bonds. The Morgan fingerprint density at radius 3 is 0.765 bits per heavy atom. The molecule has 0 fully saturated rings. The third-order valence-electron chi connectivity index (χ3n) is 8.45. The van der Waals surface area contributed by atoms with Gasteiger partial charge in [0.05, 0.1) is 0 Å². The molecule has 0 bridgehead atoms. The van der Waals surface area contributed by atoms with Gasteiger partial charge >= 0.3 is 18.9 Å². The third-order valence-corrected chi connectivity index (χ3v) is 14.7. The molecule has 0 heterocycles. The molecule has 0 aliphatic heterocycles. The van der Waals surface area contributed by atoms with Crippen molar-refractivity contribution in [1.82, 2.24) is 0 Å². The summed E-state index contributed by atoms with van der Waals surface area (Å²) in [6.45, 7) is 18.4. The van der Waals surface area contributed by atoms with Crippen LogP contribution in [0.5, 0.6) is 0 Å². The molecule has 0 spiro atoms. The van der Waals surface area contributed by atoms with Gasteiger partial charge < -0.3 is 0 Å². The third kappa shape index (κ3) is 4.15. The van der Waals surface area contributed by atoms with Gasteiger partial charge in [-0.25, -0.2) is 17.7 Å². The molecular weight excluding hydrogens is 418 g/mol. The summed E-state index contributed by atoms with van der Waals surface area (Å²) in [6.07, 6.45) is 0. The van der Waals surface area contributed by atoms with Crippen LogP contribution in [-0.4, -0.2) is 13.1 Å². The van der Waals surface area contributed by atoms with Gasteiger partial charge in [-0.15, -0.1) is 24.3 Å². The fourth-order valence-corrected chi connectivity index (χ4v) is 13.1. The van der Waals surface area contributed by atoms with Crippen molar-refractivity contribution >= 4 is 30.8 Å². The van der Waals surface area contributed by atoms with Crippen molar-refractivity contribution in [3.63, 3.8) is 0 Å². The summed E-state index contributed by atoms with van der Waals surface area (Å²) in [7, 11) is 0. The largest absolute Gasteiger partial charge is 1.00 e. The van der Waals surface area contributed by atoms with Crippen molar-refractivity contribution in [2.45, 2.75) is 55.4 Å². The number of aryl methyl sites for hydroxylation is 4. The van der Waals surface area contributed by atoms with Crippen molar-refractivity contribution in [3.05, 3.63) is 117 Å². The second kappa shape index (κ2) is 10.3. The fraction of sp³-hybridized carbons (Fsp3) is 0.250. The average Bonchev–Trinajstić information content (AvgIpc) is 2.79. The van der Waals surface area contributed by atoms with E-state index in [0.717, 1.165) is 0 Å². The molecule has 0 atom stereocenters. The quantitative estimate of drug-likeness (QED) is 0.416. The van der Waals surface area contributed by atoms with Crippen molar-refractivity contribution in [2.24, 2.45) is 0 Å². The maximum Gasteiger partial charge on any atom is 1.00 e. The average molecular weight is 455 g/mol. The summed E-state index contributed by atoms with van der Waals surface area (Å²) in [5.74, 6) is 0. The Bertz CT molecular complexity index is 1140. The first-order valence-electron chi connectivity index (χ1n) is 12.1. The first-order valence-corrected chi connectivity index (χ1v) is 14.4. The van der Waals surface area contributed by atoms with Gasteiger partial charge in [-0.05, 0) is 55.4 Å². The van der Waals surface area contributed by atoms with E-state index in [4.69, 9.17) is 0 Å². The van der Waals surface area contributed by atoms with Crippen LogP contribution in [0.25, 0.3) is 0 Å². The summed E-state index contributed by atoms with van der Waals surface area (Å²) in [5.41, 5.74) is 11.2. The molecule has 0 N–H and O–H groups in total. The van der Waals surface area contributed by atoms with Crippen molar-refractivity contribution in [2.75, 3.05) is 0 Å². The van der Waals surface area contributed by atoms with Gasteiger partial charge in [-0.1, -0.05) is 93.0 Å². The van der Waals surface area contributed by atoms with Crippen LogP contribution in [0.3, 0.4) is 0 Å². The molecule has 4 rings (SSSR count). The molecule has 0 saturated carbocycles. The Labute approximate surface area is 221 Å². The van der Waals surface area contributed by atoms with Crippen LogP contribution in [0.2, 0.25) is 0 Å². The maximum absolute atomic E-state index is 3.04. The van der Waals surface area contributed by atoms with Gasteiger partial charge in [0.1, 0.15) is 0 Å². The summed E-state index contributed by atoms with van der Waals surface area (Å²) in [6, 6.07) is 27.8. The first kappa shape index (κ1) is 26.6. The molecule has 0 aliphatic rings. The molecule has 4 aromatic carbocycles. The zero-order valence-corrected chi connectivity index (χ0v) is 23.7. The van der Waals surface area contributed by atoms with E-state index < -0.39 is 13.1 Å². The molecule has 0 nitrogen and oxygen atoms in total. The minimum absolute atomic E-state index is 0. The van der Waals surface area contributed by atoms with E-state index in [-0.39, 0.29) is 18.9 Å². The fourth-order valence-electron chi connectivity index (χ4n) is 5.98.